The number of benzene rings is 2. The van der Waals surface area contributed by atoms with Crippen LogP contribution in [0, 0.1) is 11.6 Å². The number of rotatable bonds is 6. The number of ether oxygens (including phenoxy) is 1. The zero-order chi connectivity index (χ0) is 22.0. The maximum atomic E-state index is 13.2. The van der Waals surface area contributed by atoms with Crippen LogP contribution in [0.25, 0.3) is 11.0 Å². The summed E-state index contributed by atoms with van der Waals surface area (Å²) in [6.07, 6.45) is 0. The first-order valence-electron chi connectivity index (χ1n) is 9.15. The summed E-state index contributed by atoms with van der Waals surface area (Å²) in [7, 11) is -3.75. The quantitative estimate of drug-likeness (QED) is 0.587. The van der Waals surface area contributed by atoms with Crippen LogP contribution in [0.1, 0.15) is 0 Å². The van der Waals surface area contributed by atoms with E-state index in [0.29, 0.717) is 24.8 Å². The number of nitrogens with one attached hydrogen (secondary N) is 1. The molecule has 3 aromatic rings. The van der Waals surface area contributed by atoms with Crippen LogP contribution in [-0.2, 0) is 19.6 Å². The van der Waals surface area contributed by atoms with Gasteiger partial charge in [0.05, 0.1) is 18.1 Å². The van der Waals surface area contributed by atoms with Gasteiger partial charge < -0.3 is 14.9 Å². The van der Waals surface area contributed by atoms with E-state index in [0.717, 1.165) is 17.0 Å². The van der Waals surface area contributed by atoms with Gasteiger partial charge in [0.1, 0.15) is 22.7 Å². The molecule has 1 fully saturated rings. The number of amides is 1. The van der Waals surface area contributed by atoms with Crippen LogP contribution in [-0.4, -0.2) is 66.7 Å². The van der Waals surface area contributed by atoms with Crippen molar-refractivity contribution in [2.24, 2.45) is 0 Å². The Labute approximate surface area is 175 Å². The van der Waals surface area contributed by atoms with Crippen LogP contribution in [0.4, 0.5) is 14.5 Å². The summed E-state index contributed by atoms with van der Waals surface area (Å²) < 4.78 is 58.6. The highest BCUT2D eigenvalue weighted by molar-refractivity contribution is 7.89. The van der Waals surface area contributed by atoms with Crippen LogP contribution in [0.5, 0.6) is 0 Å². The van der Waals surface area contributed by atoms with Crippen molar-refractivity contribution in [2.45, 2.75) is 4.90 Å². The van der Waals surface area contributed by atoms with Gasteiger partial charge in [-0.05, 0) is 35.5 Å². The Morgan fingerprint density at radius 1 is 1.13 bits per heavy atom. The number of nitrogens with zero attached hydrogens (tertiary/aromatic N) is 4. The van der Waals surface area contributed by atoms with Gasteiger partial charge in [-0.15, -0.1) is 5.10 Å². The van der Waals surface area contributed by atoms with Gasteiger partial charge in [0, 0.05) is 24.8 Å². The highest BCUT2D eigenvalue weighted by Crippen LogP contribution is 2.21. The minimum Gasteiger partial charge on any atom is -0.385 e. The standard InChI is InChI=1S/C18H17F2N5O5S/c19-12-7-13(20)9-14(8-12)21-18(26)11-30-25-17-10-15(1-2-16(17)22-23-25)31(27,28)24-3-5-29-6-4-24/h1-2,7-10H,3-6,11H2,(H,21,26). The number of anilines is 1. The minimum atomic E-state index is -3.75. The predicted molar refractivity (Wildman–Crippen MR) is 104 cm³/mol. The lowest BCUT2D eigenvalue weighted by Crippen LogP contribution is -2.40. The third kappa shape index (κ3) is 4.62. The largest absolute Gasteiger partial charge is 0.385 e. The fraction of sp³-hybridized carbons (Fsp3) is 0.278. The molecule has 10 nitrogen and oxygen atoms in total. The third-order valence-electron chi connectivity index (χ3n) is 4.46. The highest BCUT2D eigenvalue weighted by Gasteiger charge is 2.27. The van der Waals surface area contributed by atoms with E-state index in [9.17, 15) is 22.0 Å². The number of carbonyl (C=O) groups excluding carboxylic acids is 1. The summed E-state index contributed by atoms with van der Waals surface area (Å²) in [6, 6.07) is 6.82. The topological polar surface area (TPSA) is 116 Å². The summed E-state index contributed by atoms with van der Waals surface area (Å²) in [5, 5.41) is 9.92. The molecule has 31 heavy (non-hydrogen) atoms. The lowest BCUT2D eigenvalue weighted by molar-refractivity contribution is -0.121. The molecule has 1 saturated heterocycles. The van der Waals surface area contributed by atoms with E-state index < -0.39 is 34.2 Å². The van der Waals surface area contributed by atoms with E-state index >= 15 is 0 Å². The van der Waals surface area contributed by atoms with Crippen molar-refractivity contribution in [1.82, 2.24) is 19.5 Å². The lowest BCUT2D eigenvalue weighted by Gasteiger charge is -2.26. The smallest absolute Gasteiger partial charge is 0.265 e. The van der Waals surface area contributed by atoms with Crippen LogP contribution in [0.2, 0.25) is 0 Å². The number of hydrogen-bond acceptors (Lipinski definition) is 7. The number of fused-ring (bicyclic) bond motifs is 1. The van der Waals surface area contributed by atoms with Crippen LogP contribution in [0.15, 0.2) is 41.3 Å². The molecular formula is C18H17F2N5O5S. The molecule has 1 N–H and O–H groups in total. The molecule has 0 radical (unpaired) electrons. The lowest BCUT2D eigenvalue weighted by atomic mass is 10.3. The first-order valence-corrected chi connectivity index (χ1v) is 10.6. The summed E-state index contributed by atoms with van der Waals surface area (Å²) in [5.41, 5.74) is 0.515. The fourth-order valence-electron chi connectivity index (χ4n) is 3.01. The average Bonchev–Trinajstić information content (AvgIpc) is 3.14. The molecule has 0 aliphatic carbocycles. The van der Waals surface area contributed by atoms with Crippen molar-refractivity contribution in [1.29, 1.82) is 0 Å². The molecule has 2 aromatic carbocycles. The second-order valence-corrected chi connectivity index (χ2v) is 8.55. The third-order valence-corrected chi connectivity index (χ3v) is 6.35. The van der Waals surface area contributed by atoms with E-state index in [4.69, 9.17) is 9.57 Å². The Morgan fingerprint density at radius 3 is 2.55 bits per heavy atom. The summed E-state index contributed by atoms with van der Waals surface area (Å²) in [4.78, 5) is 18.3. The number of morpholine rings is 1. The normalized spacial score (nSPS) is 15.2. The summed E-state index contributed by atoms with van der Waals surface area (Å²) in [5.74, 6) is -2.38. The van der Waals surface area contributed by atoms with E-state index in [1.807, 2.05) is 0 Å². The van der Waals surface area contributed by atoms with Gasteiger partial charge in [0.2, 0.25) is 10.0 Å². The molecule has 0 atom stereocenters. The number of halogens is 2. The summed E-state index contributed by atoms with van der Waals surface area (Å²) in [6.45, 7) is 0.560. The molecular weight excluding hydrogens is 436 g/mol. The Morgan fingerprint density at radius 2 is 1.84 bits per heavy atom. The monoisotopic (exact) mass is 453 g/mol. The van der Waals surface area contributed by atoms with Crippen molar-refractivity contribution in [3.63, 3.8) is 0 Å². The zero-order valence-electron chi connectivity index (χ0n) is 16.0. The van der Waals surface area contributed by atoms with Gasteiger partial charge in [-0.1, -0.05) is 4.85 Å². The van der Waals surface area contributed by atoms with Gasteiger partial charge in [0.25, 0.3) is 5.91 Å². The number of aromatic nitrogens is 3. The van der Waals surface area contributed by atoms with Crippen molar-refractivity contribution < 1.29 is 31.6 Å². The van der Waals surface area contributed by atoms with Crippen LogP contribution in [0.3, 0.4) is 0 Å². The number of hydrogen-bond donors (Lipinski definition) is 1. The molecule has 1 aliphatic rings. The Kier molecular flexibility index (Phi) is 5.80. The first-order chi connectivity index (χ1) is 14.8. The molecule has 2 heterocycles. The fourth-order valence-corrected chi connectivity index (χ4v) is 4.44. The molecule has 4 rings (SSSR count). The summed E-state index contributed by atoms with van der Waals surface area (Å²) >= 11 is 0. The Balaban J connectivity index is 1.49. The van der Waals surface area contributed by atoms with Gasteiger partial charge >= 0.3 is 0 Å². The van der Waals surface area contributed by atoms with Crippen LogP contribution >= 0.6 is 0 Å². The Bertz CT molecular complexity index is 1210. The highest BCUT2D eigenvalue weighted by atomic mass is 32.2. The van der Waals surface area contributed by atoms with Crippen molar-refractivity contribution in [3.05, 3.63) is 48.0 Å². The van der Waals surface area contributed by atoms with Gasteiger partial charge in [-0.3, -0.25) is 4.79 Å². The van der Waals surface area contributed by atoms with E-state index in [-0.39, 0.29) is 29.2 Å². The molecule has 1 amide bonds. The second-order valence-electron chi connectivity index (χ2n) is 6.61. The van der Waals surface area contributed by atoms with Gasteiger partial charge in [0.15, 0.2) is 6.61 Å². The number of sulfonamides is 1. The molecule has 0 saturated carbocycles. The predicted octanol–water partition coefficient (Wildman–Crippen LogP) is 0.798. The molecule has 1 aromatic heterocycles. The maximum Gasteiger partial charge on any atom is 0.265 e. The SMILES string of the molecule is O=C(COn1nnc2ccc(S(=O)(=O)N3CCOCC3)cc21)Nc1cc(F)cc(F)c1. The average molecular weight is 453 g/mol. The molecule has 13 heteroatoms. The van der Waals surface area contributed by atoms with Crippen molar-refractivity contribution in [3.8, 4) is 0 Å². The number of carbonyl (C=O) groups is 1. The molecule has 0 spiro atoms. The van der Waals surface area contributed by atoms with Gasteiger partial charge in [-0.2, -0.15) is 4.31 Å². The zero-order valence-corrected chi connectivity index (χ0v) is 16.8. The maximum absolute atomic E-state index is 13.2. The molecule has 0 bridgehead atoms. The molecule has 164 valence electrons. The van der Waals surface area contributed by atoms with Crippen molar-refractivity contribution in [2.75, 3.05) is 38.2 Å². The molecule has 1 aliphatic heterocycles. The first kappa shape index (κ1) is 21.1. The van der Waals surface area contributed by atoms with Gasteiger partial charge in [-0.25, -0.2) is 17.2 Å². The molecule has 0 unspecified atom stereocenters. The van der Waals surface area contributed by atoms with Crippen LogP contribution < -0.4 is 10.2 Å². The minimum absolute atomic E-state index is 0.0220. The van der Waals surface area contributed by atoms with E-state index in [1.165, 1.54) is 22.5 Å². The van der Waals surface area contributed by atoms with E-state index in [1.54, 1.807) is 0 Å². The van der Waals surface area contributed by atoms with Crippen molar-refractivity contribution >= 4 is 32.7 Å². The second kappa shape index (κ2) is 8.53. The Hall–Kier alpha value is -3.16. The van der Waals surface area contributed by atoms with E-state index in [2.05, 4.69) is 15.6 Å².